The molecule has 0 unspecified atom stereocenters. The second-order valence-corrected chi connectivity index (χ2v) is 9.13. The fourth-order valence-corrected chi connectivity index (χ4v) is 4.87. The zero-order valence-electron chi connectivity index (χ0n) is 17.4. The van der Waals surface area contributed by atoms with Crippen molar-refractivity contribution in [1.29, 1.82) is 0 Å². The van der Waals surface area contributed by atoms with E-state index >= 15 is 0 Å². The normalized spacial score (nSPS) is 13.8. The number of piperazine rings is 1. The molecule has 166 valence electrons. The van der Waals surface area contributed by atoms with Crippen LogP contribution in [0.5, 0.6) is 0 Å². The average molecular weight is 471 g/mol. The number of carbonyl (C=O) groups excluding carboxylic acids is 2. The molecule has 2 aromatic carbocycles. The zero-order valence-corrected chi connectivity index (χ0v) is 19.0. The summed E-state index contributed by atoms with van der Waals surface area (Å²) in [6.45, 7) is 2.99. The van der Waals surface area contributed by atoms with E-state index in [1.165, 1.54) is 40.9 Å². The molecular weight excluding hydrogens is 447 g/mol. The summed E-state index contributed by atoms with van der Waals surface area (Å²) in [6.07, 6.45) is 0. The van der Waals surface area contributed by atoms with E-state index in [0.29, 0.717) is 23.9 Å². The quantitative estimate of drug-likeness (QED) is 0.566. The van der Waals surface area contributed by atoms with Crippen molar-refractivity contribution >= 4 is 45.7 Å². The first kappa shape index (κ1) is 22.3. The summed E-state index contributed by atoms with van der Waals surface area (Å²) in [6, 6.07) is 16.2. The average Bonchev–Trinajstić information content (AvgIpc) is 3.28. The summed E-state index contributed by atoms with van der Waals surface area (Å²) in [4.78, 5) is 33.2. The number of thiazole rings is 1. The fourth-order valence-electron chi connectivity index (χ4n) is 3.41. The predicted molar refractivity (Wildman–Crippen MR) is 129 cm³/mol. The number of hydrogen-bond donors (Lipinski definition) is 1. The molecule has 1 saturated heterocycles. The van der Waals surface area contributed by atoms with Crippen LogP contribution in [0.4, 0.5) is 15.2 Å². The van der Waals surface area contributed by atoms with Crippen molar-refractivity contribution in [2.24, 2.45) is 0 Å². The molecule has 0 aliphatic carbocycles. The van der Waals surface area contributed by atoms with Gasteiger partial charge in [-0.05, 0) is 36.4 Å². The largest absolute Gasteiger partial charge is 0.368 e. The van der Waals surface area contributed by atoms with Crippen LogP contribution in [0, 0.1) is 5.82 Å². The number of nitrogens with one attached hydrogen (secondary N) is 1. The first-order valence-electron chi connectivity index (χ1n) is 10.3. The Hall–Kier alpha value is -2.91. The minimum absolute atomic E-state index is 0.0587. The number of anilines is 2. The first-order chi connectivity index (χ1) is 15.6. The molecule has 32 heavy (non-hydrogen) atoms. The van der Waals surface area contributed by atoms with E-state index in [1.807, 2.05) is 28.5 Å². The molecule has 0 radical (unpaired) electrons. The van der Waals surface area contributed by atoms with E-state index in [2.05, 4.69) is 27.3 Å². The molecule has 1 N–H and O–H groups in total. The maximum absolute atomic E-state index is 13.1. The summed E-state index contributed by atoms with van der Waals surface area (Å²) >= 11 is 2.61. The van der Waals surface area contributed by atoms with E-state index in [1.54, 1.807) is 12.1 Å². The van der Waals surface area contributed by atoms with Crippen molar-refractivity contribution in [3.05, 3.63) is 65.8 Å². The first-order valence-corrected chi connectivity index (χ1v) is 12.3. The lowest BCUT2D eigenvalue weighted by Crippen LogP contribution is -2.49. The van der Waals surface area contributed by atoms with Crippen LogP contribution in [0.15, 0.2) is 60.0 Å². The molecule has 2 amide bonds. The zero-order chi connectivity index (χ0) is 22.3. The van der Waals surface area contributed by atoms with Crippen molar-refractivity contribution in [2.45, 2.75) is 0 Å². The molecule has 0 atom stereocenters. The molecule has 0 spiro atoms. The van der Waals surface area contributed by atoms with Gasteiger partial charge in [0, 0.05) is 42.8 Å². The van der Waals surface area contributed by atoms with Gasteiger partial charge in [-0.25, -0.2) is 9.37 Å². The van der Waals surface area contributed by atoms with Crippen LogP contribution in [0.1, 0.15) is 0 Å². The molecule has 2 heterocycles. The van der Waals surface area contributed by atoms with Crippen LogP contribution in [-0.4, -0.2) is 59.4 Å². The molecule has 4 rings (SSSR count). The summed E-state index contributed by atoms with van der Waals surface area (Å²) in [5.41, 5.74) is 2.65. The van der Waals surface area contributed by atoms with Crippen LogP contribution >= 0.6 is 23.1 Å². The monoisotopic (exact) mass is 470 g/mol. The minimum atomic E-state index is -0.304. The number of para-hydroxylation sites is 1. The second-order valence-electron chi connectivity index (χ2n) is 7.29. The van der Waals surface area contributed by atoms with E-state index in [9.17, 15) is 14.0 Å². The van der Waals surface area contributed by atoms with Crippen molar-refractivity contribution in [3.63, 3.8) is 0 Å². The number of carbonyl (C=O) groups is 2. The Balaban J connectivity index is 1.18. The predicted octanol–water partition coefficient (Wildman–Crippen LogP) is 3.97. The van der Waals surface area contributed by atoms with Crippen molar-refractivity contribution in [3.8, 4) is 11.3 Å². The highest BCUT2D eigenvalue weighted by atomic mass is 32.2. The third kappa shape index (κ3) is 5.86. The lowest BCUT2D eigenvalue weighted by Gasteiger charge is -2.36. The maximum Gasteiger partial charge on any atom is 0.236 e. The maximum atomic E-state index is 13.1. The van der Waals surface area contributed by atoms with Gasteiger partial charge in [0.25, 0.3) is 0 Å². The Bertz CT molecular complexity index is 1050. The van der Waals surface area contributed by atoms with Crippen LogP contribution < -0.4 is 10.2 Å². The van der Waals surface area contributed by atoms with E-state index in [4.69, 9.17) is 0 Å². The molecule has 1 aliphatic rings. The fraction of sp³-hybridized carbons (Fsp3) is 0.261. The Labute approximate surface area is 194 Å². The summed E-state index contributed by atoms with van der Waals surface area (Å²) in [5.74, 6) is 0.0146. The van der Waals surface area contributed by atoms with Gasteiger partial charge in [-0.2, -0.15) is 0 Å². The van der Waals surface area contributed by atoms with E-state index in [0.717, 1.165) is 18.7 Å². The Morgan fingerprint density at radius 2 is 1.72 bits per heavy atom. The minimum Gasteiger partial charge on any atom is -0.368 e. The number of rotatable bonds is 7. The highest BCUT2D eigenvalue weighted by Gasteiger charge is 2.21. The van der Waals surface area contributed by atoms with Gasteiger partial charge in [0.1, 0.15) is 5.82 Å². The Morgan fingerprint density at radius 3 is 2.44 bits per heavy atom. The molecule has 6 nitrogen and oxygen atoms in total. The van der Waals surface area contributed by atoms with Crippen LogP contribution in [-0.2, 0) is 9.59 Å². The standard InChI is InChI=1S/C23H23FN4O2S2/c24-18-8-6-17(7-9-18)20-14-32-23(25-20)26-21(29)15-31-16-22(30)28-12-10-27(11-13-28)19-4-2-1-3-5-19/h1-9,14H,10-13,15-16H2,(H,25,26,29). The van der Waals surface area contributed by atoms with Gasteiger partial charge in [0.2, 0.25) is 11.8 Å². The third-order valence-electron chi connectivity index (χ3n) is 5.10. The Kier molecular flexibility index (Phi) is 7.39. The molecule has 9 heteroatoms. The highest BCUT2D eigenvalue weighted by Crippen LogP contribution is 2.25. The Morgan fingerprint density at radius 1 is 1.00 bits per heavy atom. The topological polar surface area (TPSA) is 65.5 Å². The van der Waals surface area contributed by atoms with Gasteiger partial charge in [-0.3, -0.25) is 9.59 Å². The number of amides is 2. The van der Waals surface area contributed by atoms with Gasteiger partial charge in [-0.15, -0.1) is 23.1 Å². The van der Waals surface area contributed by atoms with Crippen LogP contribution in [0.2, 0.25) is 0 Å². The van der Waals surface area contributed by atoms with Gasteiger partial charge in [0.05, 0.1) is 17.2 Å². The van der Waals surface area contributed by atoms with Crippen LogP contribution in [0.25, 0.3) is 11.3 Å². The lowest BCUT2D eigenvalue weighted by molar-refractivity contribution is -0.128. The molecule has 3 aromatic rings. The van der Waals surface area contributed by atoms with E-state index < -0.39 is 0 Å². The molecule has 0 saturated carbocycles. The number of hydrogen-bond acceptors (Lipinski definition) is 6. The van der Waals surface area contributed by atoms with Gasteiger partial charge >= 0.3 is 0 Å². The third-order valence-corrected chi connectivity index (χ3v) is 6.78. The van der Waals surface area contributed by atoms with Crippen LogP contribution in [0.3, 0.4) is 0 Å². The molecular formula is C23H23FN4O2S2. The van der Waals surface area contributed by atoms with Crippen molar-refractivity contribution in [1.82, 2.24) is 9.88 Å². The van der Waals surface area contributed by atoms with Gasteiger partial charge in [0.15, 0.2) is 5.13 Å². The number of nitrogens with zero attached hydrogens (tertiary/aromatic N) is 3. The van der Waals surface area contributed by atoms with Gasteiger partial charge in [-0.1, -0.05) is 18.2 Å². The molecule has 1 fully saturated rings. The van der Waals surface area contributed by atoms with Crippen molar-refractivity contribution < 1.29 is 14.0 Å². The highest BCUT2D eigenvalue weighted by molar-refractivity contribution is 8.00. The van der Waals surface area contributed by atoms with E-state index in [-0.39, 0.29) is 29.1 Å². The lowest BCUT2D eigenvalue weighted by atomic mass is 10.2. The number of thioether (sulfide) groups is 1. The van der Waals surface area contributed by atoms with Crippen molar-refractivity contribution in [2.75, 3.05) is 47.9 Å². The summed E-state index contributed by atoms with van der Waals surface area (Å²) in [7, 11) is 0. The smallest absolute Gasteiger partial charge is 0.236 e. The number of benzene rings is 2. The number of aromatic nitrogens is 1. The SMILES string of the molecule is O=C(CSCC(=O)N1CCN(c2ccccc2)CC1)Nc1nc(-c2ccc(F)cc2)cs1. The molecule has 1 aliphatic heterocycles. The molecule has 0 bridgehead atoms. The number of halogens is 1. The summed E-state index contributed by atoms with van der Waals surface area (Å²) in [5, 5.41) is 5.06. The van der Waals surface area contributed by atoms with Gasteiger partial charge < -0.3 is 15.1 Å². The second kappa shape index (κ2) is 10.6. The molecule has 1 aromatic heterocycles. The summed E-state index contributed by atoms with van der Waals surface area (Å²) < 4.78 is 13.1.